The second-order valence-corrected chi connectivity index (χ2v) is 4.34. The van der Waals surface area contributed by atoms with Crippen LogP contribution in [0.5, 0.6) is 0 Å². The molecule has 0 spiro atoms. The van der Waals surface area contributed by atoms with Gasteiger partial charge < -0.3 is 0 Å². The van der Waals surface area contributed by atoms with Gasteiger partial charge in [-0.1, -0.05) is 0 Å². The Hall–Kier alpha value is -0.620. The first-order valence-corrected chi connectivity index (χ1v) is 5.80. The third-order valence-corrected chi connectivity index (χ3v) is 2.97. The Morgan fingerprint density at radius 3 is 2.46 bits per heavy atom. The molecule has 0 saturated heterocycles. The third kappa shape index (κ3) is 2.19. The van der Waals surface area contributed by atoms with E-state index in [1.807, 2.05) is 13.8 Å². The molecular formula is C9H11INO2-. The zero-order valence-electron chi connectivity index (χ0n) is 7.47. The van der Waals surface area contributed by atoms with Crippen LogP contribution in [0.1, 0.15) is 21.5 Å². The molecule has 0 amide bonds. The molecule has 0 saturated carbocycles. The van der Waals surface area contributed by atoms with Gasteiger partial charge in [-0.15, -0.1) is 0 Å². The minimum atomic E-state index is -1.39. The zero-order valence-corrected chi connectivity index (χ0v) is 9.62. The summed E-state index contributed by atoms with van der Waals surface area (Å²) in [7, 11) is 0. The summed E-state index contributed by atoms with van der Waals surface area (Å²) in [5.74, 6) is 0. The SMILES string of the molecule is Cc1cc(N)c(C(=O)[I-]O)cc1C. The maximum absolute atomic E-state index is 11.2. The molecule has 1 aromatic carbocycles. The van der Waals surface area contributed by atoms with Gasteiger partial charge in [0.2, 0.25) is 0 Å². The van der Waals surface area contributed by atoms with E-state index in [4.69, 9.17) is 9.17 Å². The van der Waals surface area contributed by atoms with E-state index in [-0.39, 0.29) is 3.79 Å². The molecule has 0 aromatic heterocycles. The van der Waals surface area contributed by atoms with Crippen LogP contribution in [0.3, 0.4) is 0 Å². The summed E-state index contributed by atoms with van der Waals surface area (Å²) in [6.07, 6.45) is 0. The van der Waals surface area contributed by atoms with Crippen LogP contribution < -0.4 is 27.4 Å². The summed E-state index contributed by atoms with van der Waals surface area (Å²) in [6, 6.07) is 3.50. The van der Waals surface area contributed by atoms with E-state index in [1.54, 1.807) is 12.1 Å². The Bertz CT molecular complexity index is 350. The van der Waals surface area contributed by atoms with Crippen molar-refractivity contribution in [1.82, 2.24) is 0 Å². The number of nitrogen functional groups attached to an aromatic ring is 1. The first-order valence-electron chi connectivity index (χ1n) is 3.76. The van der Waals surface area contributed by atoms with Gasteiger partial charge in [0, 0.05) is 0 Å². The van der Waals surface area contributed by atoms with Crippen molar-refractivity contribution in [1.29, 1.82) is 0 Å². The maximum atomic E-state index is 11.2. The van der Waals surface area contributed by atoms with Crippen molar-refractivity contribution >= 4 is 9.48 Å². The van der Waals surface area contributed by atoms with Gasteiger partial charge in [-0.2, -0.15) is 0 Å². The van der Waals surface area contributed by atoms with E-state index in [1.165, 1.54) is 0 Å². The molecule has 1 rings (SSSR count). The van der Waals surface area contributed by atoms with Gasteiger partial charge in [0.25, 0.3) is 0 Å². The summed E-state index contributed by atoms with van der Waals surface area (Å²) >= 11 is -1.39. The monoisotopic (exact) mass is 292 g/mol. The molecule has 0 radical (unpaired) electrons. The number of nitrogens with two attached hydrogens (primary N) is 1. The fourth-order valence-corrected chi connectivity index (χ4v) is 1.78. The van der Waals surface area contributed by atoms with Crippen LogP contribution in [0, 0.1) is 13.8 Å². The van der Waals surface area contributed by atoms with Gasteiger partial charge in [-0.25, -0.2) is 0 Å². The molecule has 0 unspecified atom stereocenters. The van der Waals surface area contributed by atoms with Gasteiger partial charge >= 0.3 is 87.7 Å². The second-order valence-electron chi connectivity index (χ2n) is 2.88. The summed E-state index contributed by atoms with van der Waals surface area (Å²) in [5, 5.41) is 0. The van der Waals surface area contributed by atoms with Crippen molar-refractivity contribution in [3.63, 3.8) is 0 Å². The van der Waals surface area contributed by atoms with E-state index in [2.05, 4.69) is 0 Å². The number of hydrogen-bond acceptors (Lipinski definition) is 3. The number of anilines is 1. The predicted molar refractivity (Wildman–Crippen MR) is 46.9 cm³/mol. The molecule has 3 nitrogen and oxygen atoms in total. The molecule has 0 atom stereocenters. The van der Waals surface area contributed by atoms with Gasteiger partial charge in [-0.05, 0) is 0 Å². The van der Waals surface area contributed by atoms with Gasteiger partial charge in [0.05, 0.1) is 0 Å². The van der Waals surface area contributed by atoms with Crippen molar-refractivity contribution < 1.29 is 29.9 Å². The van der Waals surface area contributed by atoms with E-state index in [0.717, 1.165) is 11.1 Å². The van der Waals surface area contributed by atoms with Crippen LogP contribution >= 0.6 is 0 Å². The van der Waals surface area contributed by atoms with Gasteiger partial charge in [0.1, 0.15) is 0 Å². The topological polar surface area (TPSA) is 63.3 Å². The predicted octanol–water partition coefficient (Wildman–Crippen LogP) is -1.98. The average Bonchev–Trinajstić information content (AvgIpc) is 2.10. The molecule has 0 fully saturated rings. The number of halogens is 1. The molecule has 0 heterocycles. The van der Waals surface area contributed by atoms with Crippen LogP contribution in [0.25, 0.3) is 0 Å². The molecule has 4 heteroatoms. The summed E-state index contributed by atoms with van der Waals surface area (Å²) in [6.45, 7) is 3.86. The van der Waals surface area contributed by atoms with Crippen molar-refractivity contribution in [3.05, 3.63) is 28.8 Å². The molecule has 0 bridgehead atoms. The van der Waals surface area contributed by atoms with Crippen LogP contribution in [0.4, 0.5) is 5.69 Å². The fraction of sp³-hybridized carbons (Fsp3) is 0.222. The van der Waals surface area contributed by atoms with Gasteiger partial charge in [0.15, 0.2) is 0 Å². The summed E-state index contributed by atoms with van der Waals surface area (Å²) in [4.78, 5) is 11.2. The fourth-order valence-electron chi connectivity index (χ4n) is 1.05. The number of carbonyl (C=O) groups excluding carboxylic acids is 1. The molecule has 0 aliphatic rings. The van der Waals surface area contributed by atoms with E-state index in [0.29, 0.717) is 11.3 Å². The number of aryl methyl sites for hydroxylation is 2. The summed E-state index contributed by atoms with van der Waals surface area (Å²) < 4.78 is 8.55. The average molecular weight is 292 g/mol. The first kappa shape index (κ1) is 10.5. The number of carbonyl (C=O) groups is 1. The van der Waals surface area contributed by atoms with Crippen LogP contribution in [-0.2, 0) is 0 Å². The Labute approximate surface area is 87.8 Å². The van der Waals surface area contributed by atoms with Gasteiger partial charge in [-0.3, -0.25) is 0 Å². The molecule has 3 N–H and O–H groups in total. The molecular weight excluding hydrogens is 281 g/mol. The van der Waals surface area contributed by atoms with E-state index < -0.39 is 21.6 Å². The number of rotatable bonds is 2. The van der Waals surface area contributed by atoms with Crippen molar-refractivity contribution in [2.24, 2.45) is 0 Å². The van der Waals surface area contributed by atoms with Crippen molar-refractivity contribution in [3.8, 4) is 0 Å². The normalized spacial score (nSPS) is 10.4. The van der Waals surface area contributed by atoms with E-state index in [9.17, 15) is 4.79 Å². The Morgan fingerprint density at radius 2 is 1.92 bits per heavy atom. The quantitative estimate of drug-likeness (QED) is 0.377. The third-order valence-electron chi connectivity index (χ3n) is 1.95. The van der Waals surface area contributed by atoms with Crippen LogP contribution in [-0.4, -0.2) is 7.23 Å². The van der Waals surface area contributed by atoms with Crippen molar-refractivity contribution in [2.75, 3.05) is 5.73 Å². The Balaban J connectivity index is 3.23. The second kappa shape index (κ2) is 4.06. The molecule has 0 aliphatic carbocycles. The van der Waals surface area contributed by atoms with Crippen LogP contribution in [0.2, 0.25) is 0 Å². The van der Waals surface area contributed by atoms with E-state index >= 15 is 0 Å². The number of hydrogen-bond donors (Lipinski definition) is 2. The molecule has 0 aliphatic heterocycles. The molecule has 72 valence electrons. The minimum absolute atomic E-state index is 0.223. The zero-order chi connectivity index (χ0) is 10.0. The number of benzene rings is 1. The first-order chi connectivity index (χ1) is 6.06. The standard InChI is InChI=1S/C9H11INO2/c1-5-3-7(9(12)10-13)8(11)4-6(5)2/h3-4,13H,11H2,1-2H3/q-1. The Morgan fingerprint density at radius 1 is 1.38 bits per heavy atom. The Kier molecular flexibility index (Phi) is 3.27. The van der Waals surface area contributed by atoms with Crippen LogP contribution in [0.15, 0.2) is 12.1 Å². The van der Waals surface area contributed by atoms with Crippen molar-refractivity contribution in [2.45, 2.75) is 13.8 Å². The molecule has 13 heavy (non-hydrogen) atoms. The molecule has 1 aromatic rings. The summed E-state index contributed by atoms with van der Waals surface area (Å²) in [5.41, 5.74) is 8.65.